The molecule has 0 fully saturated rings. The molecule has 0 atom stereocenters. The van der Waals surface area contributed by atoms with Crippen LogP contribution in [0.1, 0.15) is 6.92 Å². The van der Waals surface area contributed by atoms with Gasteiger partial charge in [0.05, 0.1) is 4.90 Å². The SMILES string of the molecule is CC(=O)Nc1ccc2c(O)cc(S(=O)(=O)O)cc2c1.[Na]. The third-order valence-electron chi connectivity index (χ3n) is 2.52. The summed E-state index contributed by atoms with van der Waals surface area (Å²) in [5, 5.41) is 13.1. The fraction of sp³-hybridized carbons (Fsp3) is 0.0833. The zero-order chi connectivity index (χ0) is 14.2. The third-order valence-corrected chi connectivity index (χ3v) is 3.35. The number of aromatic hydroxyl groups is 1. The maximum absolute atomic E-state index is 11.1. The number of hydrogen-bond donors (Lipinski definition) is 3. The summed E-state index contributed by atoms with van der Waals surface area (Å²) >= 11 is 0. The van der Waals surface area contributed by atoms with Crippen LogP contribution in [0.15, 0.2) is 35.2 Å². The molecule has 2 rings (SSSR count). The predicted molar refractivity (Wildman–Crippen MR) is 75.5 cm³/mol. The average molecular weight is 304 g/mol. The van der Waals surface area contributed by atoms with E-state index < -0.39 is 15.0 Å². The minimum atomic E-state index is -4.40. The number of rotatable bonds is 2. The van der Waals surface area contributed by atoms with Crippen molar-refractivity contribution < 1.29 is 22.9 Å². The van der Waals surface area contributed by atoms with Crippen molar-refractivity contribution in [1.29, 1.82) is 0 Å². The van der Waals surface area contributed by atoms with Crippen molar-refractivity contribution in [3.8, 4) is 5.75 Å². The Morgan fingerprint density at radius 1 is 1.20 bits per heavy atom. The number of phenols is 1. The van der Waals surface area contributed by atoms with Crippen LogP contribution in [0.2, 0.25) is 0 Å². The minimum absolute atomic E-state index is 0. The first kappa shape index (κ1) is 16.9. The van der Waals surface area contributed by atoms with E-state index in [-0.39, 0.29) is 41.2 Å². The summed E-state index contributed by atoms with van der Waals surface area (Å²) in [6.45, 7) is 1.34. The van der Waals surface area contributed by atoms with Gasteiger partial charge in [-0.3, -0.25) is 9.35 Å². The minimum Gasteiger partial charge on any atom is -0.507 e. The van der Waals surface area contributed by atoms with Crippen molar-refractivity contribution in [2.24, 2.45) is 0 Å². The number of anilines is 1. The van der Waals surface area contributed by atoms with E-state index in [1.807, 2.05) is 0 Å². The fourth-order valence-electron chi connectivity index (χ4n) is 1.75. The van der Waals surface area contributed by atoms with E-state index in [1.54, 1.807) is 12.1 Å². The molecule has 2 aromatic rings. The molecule has 0 aliphatic carbocycles. The Labute approximate surface area is 137 Å². The standard InChI is InChI=1S/C12H11NO5S.Na/c1-7(14)13-9-2-3-11-8(4-9)5-10(6-12(11)15)19(16,17)18;/h2-6,15H,1H3,(H,13,14)(H,16,17,18);. The fourth-order valence-corrected chi connectivity index (χ4v) is 2.29. The normalized spacial score (nSPS) is 10.9. The van der Waals surface area contributed by atoms with Crippen molar-refractivity contribution in [1.82, 2.24) is 0 Å². The van der Waals surface area contributed by atoms with Gasteiger partial charge < -0.3 is 10.4 Å². The molecule has 20 heavy (non-hydrogen) atoms. The molecule has 0 aliphatic rings. The Hall–Kier alpha value is -1.12. The zero-order valence-electron chi connectivity index (χ0n) is 10.9. The molecule has 0 saturated carbocycles. The van der Waals surface area contributed by atoms with Crippen molar-refractivity contribution in [3.05, 3.63) is 30.3 Å². The van der Waals surface area contributed by atoms with Gasteiger partial charge in [-0.2, -0.15) is 8.42 Å². The summed E-state index contributed by atoms with van der Waals surface area (Å²) in [5.41, 5.74) is 0.465. The van der Waals surface area contributed by atoms with Gasteiger partial charge in [0.25, 0.3) is 10.1 Å². The van der Waals surface area contributed by atoms with Gasteiger partial charge in [-0.25, -0.2) is 0 Å². The van der Waals surface area contributed by atoms with Crippen LogP contribution in [0.25, 0.3) is 10.8 Å². The van der Waals surface area contributed by atoms with Crippen molar-refractivity contribution in [2.45, 2.75) is 11.8 Å². The summed E-state index contributed by atoms with van der Waals surface area (Å²) in [7, 11) is -4.40. The van der Waals surface area contributed by atoms with Crippen LogP contribution in [-0.4, -0.2) is 53.5 Å². The van der Waals surface area contributed by atoms with Crippen LogP contribution < -0.4 is 5.32 Å². The zero-order valence-corrected chi connectivity index (χ0v) is 13.7. The molecular formula is C12H11NNaO5S. The Balaban J connectivity index is 0.00000200. The molecule has 0 unspecified atom stereocenters. The molecule has 0 bridgehead atoms. The van der Waals surface area contributed by atoms with E-state index >= 15 is 0 Å². The summed E-state index contributed by atoms with van der Waals surface area (Å²) in [4.78, 5) is 10.5. The Kier molecular flexibility index (Phi) is 5.17. The Morgan fingerprint density at radius 2 is 1.85 bits per heavy atom. The van der Waals surface area contributed by atoms with Gasteiger partial charge in [0.2, 0.25) is 5.91 Å². The number of fused-ring (bicyclic) bond motifs is 1. The van der Waals surface area contributed by atoms with Crippen LogP contribution >= 0.6 is 0 Å². The van der Waals surface area contributed by atoms with Crippen molar-refractivity contribution in [3.63, 3.8) is 0 Å². The molecule has 8 heteroatoms. The second-order valence-electron chi connectivity index (χ2n) is 4.03. The number of phenolic OH excluding ortho intramolecular Hbond substituents is 1. The summed E-state index contributed by atoms with van der Waals surface area (Å²) in [6, 6.07) is 6.82. The first-order valence-corrected chi connectivity index (χ1v) is 6.73. The summed E-state index contributed by atoms with van der Waals surface area (Å²) in [5.74, 6) is -0.533. The van der Waals surface area contributed by atoms with Crippen molar-refractivity contribution >= 4 is 62.0 Å². The number of carbonyl (C=O) groups is 1. The smallest absolute Gasteiger partial charge is 0.294 e. The molecule has 0 spiro atoms. The van der Waals surface area contributed by atoms with E-state index in [4.69, 9.17) is 4.55 Å². The first-order chi connectivity index (χ1) is 8.77. The van der Waals surface area contributed by atoms with E-state index in [0.717, 1.165) is 6.07 Å². The molecule has 101 valence electrons. The molecule has 1 amide bonds. The predicted octanol–water partition coefficient (Wildman–Crippen LogP) is 1.37. The van der Waals surface area contributed by atoms with Gasteiger partial charge in [-0.1, -0.05) is 0 Å². The molecule has 3 N–H and O–H groups in total. The Bertz CT molecular complexity index is 773. The van der Waals surface area contributed by atoms with Gasteiger partial charge in [0.1, 0.15) is 5.75 Å². The molecule has 1 radical (unpaired) electrons. The van der Waals surface area contributed by atoms with Crippen molar-refractivity contribution in [2.75, 3.05) is 5.32 Å². The first-order valence-electron chi connectivity index (χ1n) is 5.29. The number of benzene rings is 2. The van der Waals surface area contributed by atoms with Gasteiger partial charge in [0, 0.05) is 53.6 Å². The van der Waals surface area contributed by atoms with Crippen LogP contribution in [0.3, 0.4) is 0 Å². The van der Waals surface area contributed by atoms with Gasteiger partial charge in [-0.05, 0) is 29.7 Å². The maximum Gasteiger partial charge on any atom is 0.294 e. The average Bonchev–Trinajstić information content (AvgIpc) is 2.26. The van der Waals surface area contributed by atoms with Crippen LogP contribution in [0.5, 0.6) is 5.75 Å². The topological polar surface area (TPSA) is 104 Å². The van der Waals surface area contributed by atoms with E-state index in [1.165, 1.54) is 19.1 Å². The Morgan fingerprint density at radius 3 is 2.40 bits per heavy atom. The van der Waals surface area contributed by atoms with Gasteiger partial charge >= 0.3 is 0 Å². The number of carbonyl (C=O) groups excluding carboxylic acids is 1. The van der Waals surface area contributed by atoms with E-state index in [0.29, 0.717) is 16.5 Å². The largest absolute Gasteiger partial charge is 0.507 e. The second kappa shape index (κ2) is 6.11. The van der Waals surface area contributed by atoms with Crippen LogP contribution in [0.4, 0.5) is 5.69 Å². The number of nitrogens with one attached hydrogen (secondary N) is 1. The summed E-state index contributed by atoms with van der Waals surface area (Å²) < 4.78 is 31.1. The summed E-state index contributed by atoms with van der Waals surface area (Å²) in [6.07, 6.45) is 0. The molecule has 0 aromatic heterocycles. The monoisotopic (exact) mass is 304 g/mol. The maximum atomic E-state index is 11.1. The van der Waals surface area contributed by atoms with Gasteiger partial charge in [0.15, 0.2) is 0 Å². The van der Waals surface area contributed by atoms with Gasteiger partial charge in [-0.15, -0.1) is 0 Å². The molecular weight excluding hydrogens is 293 g/mol. The van der Waals surface area contributed by atoms with Crippen LogP contribution in [0, 0.1) is 0 Å². The van der Waals surface area contributed by atoms with E-state index in [9.17, 15) is 18.3 Å². The molecule has 0 saturated heterocycles. The number of amides is 1. The molecule has 0 aliphatic heterocycles. The molecule has 6 nitrogen and oxygen atoms in total. The number of hydrogen-bond acceptors (Lipinski definition) is 4. The second-order valence-corrected chi connectivity index (χ2v) is 5.46. The third kappa shape index (κ3) is 3.71. The molecule has 0 heterocycles. The van der Waals surface area contributed by atoms with E-state index in [2.05, 4.69) is 5.32 Å². The quantitative estimate of drug-likeness (QED) is 0.574. The molecule has 2 aromatic carbocycles. The van der Waals surface area contributed by atoms with Crippen LogP contribution in [-0.2, 0) is 14.9 Å².